The lowest BCUT2D eigenvalue weighted by atomic mass is 9.84. The van der Waals surface area contributed by atoms with Crippen LogP contribution in [0.3, 0.4) is 0 Å². The number of rotatable bonds is 5. The van der Waals surface area contributed by atoms with Crippen molar-refractivity contribution in [3.63, 3.8) is 0 Å². The van der Waals surface area contributed by atoms with E-state index in [1.165, 1.54) is 5.56 Å². The molecule has 0 saturated carbocycles. The van der Waals surface area contributed by atoms with Crippen LogP contribution in [0.15, 0.2) is 91.0 Å². The Balaban J connectivity index is 1.67. The van der Waals surface area contributed by atoms with Gasteiger partial charge in [-0.1, -0.05) is 60.7 Å². The summed E-state index contributed by atoms with van der Waals surface area (Å²) < 4.78 is 0. The monoisotopic (exact) mass is 389 g/mol. The van der Waals surface area contributed by atoms with E-state index in [1.807, 2.05) is 48.5 Å². The minimum absolute atomic E-state index is 0.347. The Bertz CT molecular complexity index is 1200. The first-order valence-electron chi connectivity index (χ1n) is 10.0. The van der Waals surface area contributed by atoms with E-state index in [4.69, 9.17) is 16.5 Å². The Labute approximate surface area is 177 Å². The van der Waals surface area contributed by atoms with Crippen LogP contribution >= 0.6 is 0 Å². The van der Waals surface area contributed by atoms with Gasteiger partial charge in [0.1, 0.15) is 0 Å². The standard InChI is InChI=1S/C27H23N3/c1-27(2,25-16-8-14-23(29-25)18-20-10-5-4-6-11-20)26-17-9-15-24(30-26)21-12-7-13-22(19-21)28-3/h4-17,19H,18H2,1-2H3. The van der Waals surface area contributed by atoms with E-state index in [2.05, 4.69) is 61.2 Å². The molecule has 0 saturated heterocycles. The van der Waals surface area contributed by atoms with Gasteiger partial charge in [-0.05, 0) is 55.3 Å². The first-order chi connectivity index (χ1) is 14.6. The van der Waals surface area contributed by atoms with E-state index in [-0.39, 0.29) is 5.41 Å². The highest BCUT2D eigenvalue weighted by Gasteiger charge is 2.27. The van der Waals surface area contributed by atoms with Gasteiger partial charge in [0.15, 0.2) is 5.69 Å². The van der Waals surface area contributed by atoms with E-state index in [0.717, 1.165) is 34.8 Å². The topological polar surface area (TPSA) is 30.1 Å². The summed E-state index contributed by atoms with van der Waals surface area (Å²) in [6, 6.07) is 30.3. The lowest BCUT2D eigenvalue weighted by Crippen LogP contribution is -2.22. The van der Waals surface area contributed by atoms with E-state index in [0.29, 0.717) is 5.69 Å². The van der Waals surface area contributed by atoms with Crippen molar-refractivity contribution in [1.29, 1.82) is 0 Å². The summed E-state index contributed by atoms with van der Waals surface area (Å²) in [4.78, 5) is 13.4. The van der Waals surface area contributed by atoms with Gasteiger partial charge in [-0.2, -0.15) is 0 Å². The van der Waals surface area contributed by atoms with Gasteiger partial charge in [-0.3, -0.25) is 9.97 Å². The Kier molecular flexibility index (Phi) is 5.41. The molecule has 0 radical (unpaired) electrons. The van der Waals surface area contributed by atoms with E-state index < -0.39 is 0 Å². The number of nitrogens with zero attached hydrogens (tertiary/aromatic N) is 3. The summed E-state index contributed by atoms with van der Waals surface area (Å²) in [5.74, 6) is 0. The molecule has 4 rings (SSSR count). The molecule has 3 heteroatoms. The molecule has 0 amide bonds. The minimum Gasteiger partial charge on any atom is -0.257 e. The number of aromatic nitrogens is 2. The van der Waals surface area contributed by atoms with Gasteiger partial charge in [-0.15, -0.1) is 0 Å². The predicted molar refractivity (Wildman–Crippen MR) is 122 cm³/mol. The molecule has 0 bridgehead atoms. The van der Waals surface area contributed by atoms with Crippen LogP contribution in [-0.4, -0.2) is 9.97 Å². The molecule has 4 aromatic rings. The van der Waals surface area contributed by atoms with E-state index >= 15 is 0 Å². The lowest BCUT2D eigenvalue weighted by molar-refractivity contribution is 0.593. The average Bonchev–Trinajstić information content (AvgIpc) is 2.80. The fourth-order valence-electron chi connectivity index (χ4n) is 3.54. The van der Waals surface area contributed by atoms with Gasteiger partial charge in [0, 0.05) is 17.5 Å². The van der Waals surface area contributed by atoms with Crippen molar-refractivity contribution in [2.45, 2.75) is 25.7 Å². The molecule has 146 valence electrons. The summed E-state index contributed by atoms with van der Waals surface area (Å²) in [7, 11) is 0. The molecule has 0 N–H and O–H groups in total. The summed E-state index contributed by atoms with van der Waals surface area (Å²) in [6.45, 7) is 11.6. The zero-order chi connectivity index (χ0) is 21.0. The molecule has 0 unspecified atom stereocenters. The second-order valence-electron chi connectivity index (χ2n) is 7.87. The van der Waals surface area contributed by atoms with Crippen molar-refractivity contribution in [1.82, 2.24) is 9.97 Å². The zero-order valence-corrected chi connectivity index (χ0v) is 17.2. The molecule has 0 aliphatic rings. The third-order valence-electron chi connectivity index (χ3n) is 5.34. The molecule has 0 atom stereocenters. The van der Waals surface area contributed by atoms with Crippen LogP contribution < -0.4 is 0 Å². The molecule has 2 aromatic carbocycles. The fourth-order valence-corrected chi connectivity index (χ4v) is 3.54. The first-order valence-corrected chi connectivity index (χ1v) is 10.0. The van der Waals surface area contributed by atoms with Crippen LogP contribution in [0.2, 0.25) is 0 Å². The maximum atomic E-state index is 7.25. The summed E-state index contributed by atoms with van der Waals surface area (Å²) in [5, 5.41) is 0. The maximum Gasteiger partial charge on any atom is 0.187 e. The number of hydrogen-bond donors (Lipinski definition) is 0. The number of hydrogen-bond acceptors (Lipinski definition) is 2. The molecule has 0 aliphatic carbocycles. The average molecular weight is 390 g/mol. The van der Waals surface area contributed by atoms with E-state index in [9.17, 15) is 0 Å². The summed E-state index contributed by atoms with van der Waals surface area (Å²) in [5.41, 5.74) is 6.34. The Hall–Kier alpha value is -3.77. The minimum atomic E-state index is -0.347. The molecule has 0 spiro atoms. The Morgan fingerprint density at radius 1 is 0.767 bits per heavy atom. The van der Waals surface area contributed by atoms with Crippen LogP contribution in [-0.2, 0) is 11.8 Å². The fraction of sp³-hybridized carbons (Fsp3) is 0.148. The normalized spacial score (nSPS) is 11.1. The van der Waals surface area contributed by atoms with Crippen molar-refractivity contribution in [3.05, 3.63) is 125 Å². The van der Waals surface area contributed by atoms with Crippen molar-refractivity contribution in [2.24, 2.45) is 0 Å². The SMILES string of the molecule is [C-]#[N+]c1cccc(-c2cccc(C(C)(C)c3cccc(Cc4ccccc4)n3)n2)c1. The molecular weight excluding hydrogens is 366 g/mol. The van der Waals surface area contributed by atoms with Gasteiger partial charge in [0.25, 0.3) is 0 Å². The second-order valence-corrected chi connectivity index (χ2v) is 7.87. The Morgan fingerprint density at radius 3 is 2.23 bits per heavy atom. The van der Waals surface area contributed by atoms with Gasteiger partial charge < -0.3 is 0 Å². The predicted octanol–water partition coefficient (Wildman–Crippen LogP) is 6.61. The van der Waals surface area contributed by atoms with Crippen LogP contribution in [0.1, 0.15) is 36.5 Å². The van der Waals surface area contributed by atoms with Crippen LogP contribution in [0.25, 0.3) is 16.1 Å². The van der Waals surface area contributed by atoms with Crippen LogP contribution in [0.5, 0.6) is 0 Å². The molecular formula is C27H23N3. The van der Waals surface area contributed by atoms with Crippen molar-refractivity contribution < 1.29 is 0 Å². The van der Waals surface area contributed by atoms with Gasteiger partial charge in [0.2, 0.25) is 0 Å². The molecule has 2 aromatic heterocycles. The molecule has 0 fully saturated rings. The highest BCUT2D eigenvalue weighted by Crippen LogP contribution is 2.31. The van der Waals surface area contributed by atoms with Gasteiger partial charge in [0.05, 0.1) is 23.7 Å². The second kappa shape index (κ2) is 8.31. The lowest BCUT2D eigenvalue weighted by Gasteiger charge is -2.25. The van der Waals surface area contributed by atoms with E-state index in [1.54, 1.807) is 0 Å². The third-order valence-corrected chi connectivity index (χ3v) is 5.34. The molecule has 3 nitrogen and oxygen atoms in total. The van der Waals surface area contributed by atoms with Gasteiger partial charge in [-0.25, -0.2) is 4.85 Å². The maximum absolute atomic E-state index is 7.25. The van der Waals surface area contributed by atoms with Gasteiger partial charge >= 0.3 is 0 Å². The van der Waals surface area contributed by atoms with Crippen molar-refractivity contribution in [2.75, 3.05) is 0 Å². The number of benzene rings is 2. The number of pyridine rings is 2. The van der Waals surface area contributed by atoms with Crippen LogP contribution in [0.4, 0.5) is 5.69 Å². The van der Waals surface area contributed by atoms with Crippen molar-refractivity contribution in [3.8, 4) is 11.3 Å². The van der Waals surface area contributed by atoms with Crippen molar-refractivity contribution >= 4 is 5.69 Å². The Morgan fingerprint density at radius 2 is 1.47 bits per heavy atom. The quantitative estimate of drug-likeness (QED) is 0.359. The highest BCUT2D eigenvalue weighted by molar-refractivity contribution is 5.65. The third kappa shape index (κ3) is 4.14. The molecule has 30 heavy (non-hydrogen) atoms. The molecule has 0 aliphatic heterocycles. The smallest absolute Gasteiger partial charge is 0.187 e. The first kappa shape index (κ1) is 19.5. The summed E-state index contributed by atoms with van der Waals surface area (Å²) in [6.07, 6.45) is 0.807. The van der Waals surface area contributed by atoms with Crippen LogP contribution in [0, 0.1) is 6.57 Å². The summed E-state index contributed by atoms with van der Waals surface area (Å²) >= 11 is 0. The molecule has 2 heterocycles. The highest BCUT2D eigenvalue weighted by atomic mass is 14.8. The largest absolute Gasteiger partial charge is 0.257 e. The zero-order valence-electron chi connectivity index (χ0n) is 17.2.